The summed E-state index contributed by atoms with van der Waals surface area (Å²) in [5.41, 5.74) is 12.8. The van der Waals surface area contributed by atoms with Crippen LogP contribution in [0.15, 0.2) is 65.9 Å². The highest BCUT2D eigenvalue weighted by atomic mass is 16.5. The lowest BCUT2D eigenvalue weighted by molar-refractivity contribution is 0.185. The van der Waals surface area contributed by atoms with Crippen molar-refractivity contribution < 1.29 is 4.74 Å². The van der Waals surface area contributed by atoms with Gasteiger partial charge in [-0.05, 0) is 36.8 Å². The van der Waals surface area contributed by atoms with E-state index in [0.717, 1.165) is 64.2 Å². The molecule has 1 aliphatic rings. The minimum absolute atomic E-state index is 0.413. The molecule has 1 aliphatic heterocycles. The molecule has 1 fully saturated rings. The van der Waals surface area contributed by atoms with Crippen LogP contribution in [-0.2, 0) is 11.3 Å². The van der Waals surface area contributed by atoms with Gasteiger partial charge in [0.05, 0.1) is 29.0 Å². The van der Waals surface area contributed by atoms with Crippen LogP contribution in [0.25, 0.3) is 22.2 Å². The van der Waals surface area contributed by atoms with Gasteiger partial charge in [-0.15, -0.1) is 0 Å². The first-order valence-electron chi connectivity index (χ1n) is 11.4. The summed E-state index contributed by atoms with van der Waals surface area (Å²) in [5.74, 6) is 0.596. The van der Waals surface area contributed by atoms with Crippen LogP contribution in [0.4, 0.5) is 0 Å². The lowest BCUT2D eigenvalue weighted by Gasteiger charge is -2.24. The second-order valence-corrected chi connectivity index (χ2v) is 8.31. The Morgan fingerprint density at radius 2 is 2.06 bits per heavy atom. The number of hydrogen-bond donors (Lipinski definition) is 3. The van der Waals surface area contributed by atoms with Gasteiger partial charge in [0.1, 0.15) is 0 Å². The molecule has 0 bridgehead atoms. The van der Waals surface area contributed by atoms with E-state index in [1.807, 2.05) is 61.7 Å². The Bertz CT molecular complexity index is 1270. The van der Waals surface area contributed by atoms with Crippen molar-refractivity contribution in [1.82, 2.24) is 15.3 Å². The Morgan fingerprint density at radius 1 is 1.21 bits per heavy atom. The summed E-state index contributed by atoms with van der Waals surface area (Å²) >= 11 is 0. The van der Waals surface area contributed by atoms with Gasteiger partial charge in [-0.1, -0.05) is 24.3 Å². The lowest BCUT2D eigenvalue weighted by Crippen LogP contribution is -2.43. The van der Waals surface area contributed by atoms with Gasteiger partial charge >= 0.3 is 0 Å². The van der Waals surface area contributed by atoms with Crippen molar-refractivity contribution in [2.45, 2.75) is 13.5 Å². The first kappa shape index (κ1) is 23.5. The number of allylic oxidation sites excluding steroid dienone is 3. The van der Waals surface area contributed by atoms with Crippen LogP contribution in [0.5, 0.6) is 0 Å². The molecule has 0 unspecified atom stereocenters. The van der Waals surface area contributed by atoms with Crippen LogP contribution in [0.1, 0.15) is 29.3 Å². The van der Waals surface area contributed by atoms with E-state index in [1.165, 1.54) is 0 Å². The second-order valence-electron chi connectivity index (χ2n) is 8.31. The van der Waals surface area contributed by atoms with Crippen LogP contribution in [0, 0.1) is 11.3 Å². The van der Waals surface area contributed by atoms with Crippen LogP contribution in [0.3, 0.4) is 0 Å². The number of hydrogen-bond acceptors (Lipinski definition) is 7. The van der Waals surface area contributed by atoms with Crippen molar-refractivity contribution in [3.05, 3.63) is 83.3 Å². The predicted molar refractivity (Wildman–Crippen MR) is 139 cm³/mol. The standard InChI is InChI=1S/C27H30N6O/c1-3-23(27(29)20-6-4-5-18(9-20)17-34-2)24-7-8-25-26(33-24)10-21(16-32-25)22(11-28)15-31-14-19-12-30-13-19/h3-11,15-16,19,29-30H,12-14,17,28H2,1-2H3/b22-11+,23-3-,29-27?,31-15?. The summed E-state index contributed by atoms with van der Waals surface area (Å²) in [4.78, 5) is 14.0. The summed E-state index contributed by atoms with van der Waals surface area (Å²) in [6, 6.07) is 13.7. The van der Waals surface area contributed by atoms with E-state index < -0.39 is 0 Å². The fourth-order valence-electron chi connectivity index (χ4n) is 3.87. The number of nitrogens with two attached hydrogens (primary N) is 1. The van der Waals surface area contributed by atoms with Gasteiger partial charge in [-0.3, -0.25) is 15.4 Å². The van der Waals surface area contributed by atoms with E-state index in [1.54, 1.807) is 19.5 Å². The predicted octanol–water partition coefficient (Wildman–Crippen LogP) is 3.84. The molecule has 0 radical (unpaired) electrons. The highest BCUT2D eigenvalue weighted by Crippen LogP contribution is 2.23. The first-order valence-corrected chi connectivity index (χ1v) is 11.4. The Hall–Kier alpha value is -3.68. The monoisotopic (exact) mass is 454 g/mol. The van der Waals surface area contributed by atoms with Gasteiger partial charge in [0.2, 0.25) is 0 Å². The summed E-state index contributed by atoms with van der Waals surface area (Å²) in [6.07, 6.45) is 7.07. The zero-order chi connectivity index (χ0) is 23.9. The number of nitrogens with one attached hydrogen (secondary N) is 2. The van der Waals surface area contributed by atoms with Crippen LogP contribution in [-0.4, -0.2) is 48.6 Å². The minimum atomic E-state index is 0.413. The summed E-state index contributed by atoms with van der Waals surface area (Å²) in [7, 11) is 1.67. The van der Waals surface area contributed by atoms with E-state index in [2.05, 4.69) is 15.3 Å². The summed E-state index contributed by atoms with van der Waals surface area (Å²) < 4.78 is 5.24. The van der Waals surface area contributed by atoms with Gasteiger partial charge in [-0.25, -0.2) is 4.98 Å². The molecular weight excluding hydrogens is 424 g/mol. The average molecular weight is 455 g/mol. The molecule has 0 amide bonds. The third-order valence-electron chi connectivity index (χ3n) is 5.87. The topological polar surface area (TPSA) is 109 Å². The molecular formula is C27H30N6O. The SMILES string of the molecule is C/C=C(\C(=N)c1cccc(COC)c1)c1ccc2ncc(/C(C=NCC3CNC3)=C/N)cc2n1. The van der Waals surface area contributed by atoms with Gasteiger partial charge < -0.3 is 15.8 Å². The minimum Gasteiger partial charge on any atom is -0.404 e. The molecule has 7 nitrogen and oxygen atoms in total. The molecule has 34 heavy (non-hydrogen) atoms. The molecule has 7 heteroatoms. The van der Waals surface area contributed by atoms with E-state index in [9.17, 15) is 0 Å². The smallest absolute Gasteiger partial charge is 0.0900 e. The lowest BCUT2D eigenvalue weighted by atomic mass is 9.97. The maximum atomic E-state index is 8.82. The van der Waals surface area contributed by atoms with Gasteiger partial charge in [0, 0.05) is 73.5 Å². The molecule has 0 spiro atoms. The molecule has 2 aromatic heterocycles. The highest BCUT2D eigenvalue weighted by Gasteiger charge is 2.15. The van der Waals surface area contributed by atoms with Gasteiger partial charge in [0.25, 0.3) is 0 Å². The molecule has 3 heterocycles. The number of nitrogens with zero attached hydrogens (tertiary/aromatic N) is 3. The van der Waals surface area contributed by atoms with Crippen molar-refractivity contribution in [3.8, 4) is 0 Å². The largest absolute Gasteiger partial charge is 0.404 e. The summed E-state index contributed by atoms with van der Waals surface area (Å²) in [6.45, 7) is 5.25. The fraction of sp³-hybridized carbons (Fsp3) is 0.259. The number of fused-ring (bicyclic) bond motifs is 1. The molecule has 1 aromatic carbocycles. The van der Waals surface area contributed by atoms with Crippen LogP contribution >= 0.6 is 0 Å². The van der Waals surface area contributed by atoms with E-state index in [0.29, 0.717) is 18.2 Å². The van der Waals surface area contributed by atoms with Crippen LogP contribution < -0.4 is 11.1 Å². The first-order chi connectivity index (χ1) is 16.6. The second kappa shape index (κ2) is 11.0. The van der Waals surface area contributed by atoms with Crippen molar-refractivity contribution in [2.24, 2.45) is 16.6 Å². The van der Waals surface area contributed by atoms with Crippen LogP contribution in [0.2, 0.25) is 0 Å². The number of aliphatic imine (C=N–C) groups is 1. The Labute approximate surface area is 200 Å². The normalized spacial score (nSPS) is 15.1. The Morgan fingerprint density at radius 3 is 2.76 bits per heavy atom. The number of ether oxygens (including phenoxy) is 1. The molecule has 0 saturated carbocycles. The highest BCUT2D eigenvalue weighted by molar-refractivity contribution is 6.30. The third kappa shape index (κ3) is 5.27. The molecule has 0 atom stereocenters. The quantitative estimate of drug-likeness (QED) is 0.426. The average Bonchev–Trinajstić information content (AvgIpc) is 2.83. The fourth-order valence-corrected chi connectivity index (χ4v) is 3.87. The molecule has 174 valence electrons. The van der Waals surface area contributed by atoms with E-state index >= 15 is 0 Å². The molecule has 0 aliphatic carbocycles. The number of rotatable bonds is 9. The van der Waals surface area contributed by atoms with E-state index in [-0.39, 0.29) is 0 Å². The number of pyridine rings is 2. The van der Waals surface area contributed by atoms with E-state index in [4.69, 9.17) is 20.9 Å². The van der Waals surface area contributed by atoms with Crippen molar-refractivity contribution in [3.63, 3.8) is 0 Å². The maximum Gasteiger partial charge on any atom is 0.0900 e. The maximum absolute atomic E-state index is 8.82. The molecule has 4 rings (SSSR count). The number of aromatic nitrogens is 2. The number of methoxy groups -OCH3 is 1. The van der Waals surface area contributed by atoms with Crippen molar-refractivity contribution in [2.75, 3.05) is 26.7 Å². The van der Waals surface area contributed by atoms with Gasteiger partial charge in [0.15, 0.2) is 0 Å². The van der Waals surface area contributed by atoms with Crippen molar-refractivity contribution >= 4 is 34.1 Å². The number of benzene rings is 1. The third-order valence-corrected chi connectivity index (χ3v) is 5.87. The van der Waals surface area contributed by atoms with Gasteiger partial charge in [-0.2, -0.15) is 0 Å². The molecule has 4 N–H and O–H groups in total. The molecule has 1 saturated heterocycles. The Balaban J connectivity index is 1.61. The van der Waals surface area contributed by atoms with Crippen molar-refractivity contribution in [1.29, 1.82) is 5.41 Å². The zero-order valence-electron chi connectivity index (χ0n) is 19.6. The Kier molecular flexibility index (Phi) is 7.57. The summed E-state index contributed by atoms with van der Waals surface area (Å²) in [5, 5.41) is 12.1. The molecule has 3 aromatic rings. The zero-order valence-corrected chi connectivity index (χ0v) is 19.6.